The van der Waals surface area contributed by atoms with Gasteiger partial charge >= 0.3 is 0 Å². The van der Waals surface area contributed by atoms with E-state index in [-0.39, 0.29) is 11.7 Å². The first kappa shape index (κ1) is 11.9. The highest BCUT2D eigenvalue weighted by atomic mass is 16.5. The van der Waals surface area contributed by atoms with Crippen molar-refractivity contribution in [2.75, 3.05) is 7.11 Å². The summed E-state index contributed by atoms with van der Waals surface area (Å²) in [5, 5.41) is 0. The number of benzene rings is 1. The third kappa shape index (κ3) is 2.12. The van der Waals surface area contributed by atoms with Gasteiger partial charge in [0.2, 0.25) is 0 Å². The van der Waals surface area contributed by atoms with Crippen LogP contribution in [0.25, 0.3) is 0 Å². The first-order valence-corrected chi connectivity index (χ1v) is 6.40. The average Bonchev–Trinajstić information content (AvgIpc) is 2.48. The maximum absolute atomic E-state index is 12.5. The van der Waals surface area contributed by atoms with Crippen molar-refractivity contribution in [1.82, 2.24) is 4.98 Å². The van der Waals surface area contributed by atoms with E-state index in [9.17, 15) is 4.79 Å². The summed E-state index contributed by atoms with van der Waals surface area (Å²) in [6.45, 7) is 0. The molecular formula is C16H15NO2. The molecule has 1 heterocycles. The Kier molecular flexibility index (Phi) is 3.03. The van der Waals surface area contributed by atoms with Gasteiger partial charge < -0.3 is 4.74 Å². The van der Waals surface area contributed by atoms with E-state index in [2.05, 4.69) is 4.98 Å². The van der Waals surface area contributed by atoms with Crippen LogP contribution in [-0.4, -0.2) is 17.9 Å². The summed E-state index contributed by atoms with van der Waals surface area (Å²) in [5.74, 6) is 0.942. The summed E-state index contributed by atoms with van der Waals surface area (Å²) >= 11 is 0. The summed E-state index contributed by atoms with van der Waals surface area (Å²) in [6.07, 6.45) is 5.26. The van der Waals surface area contributed by atoms with Crippen LogP contribution in [0.5, 0.6) is 5.75 Å². The first-order chi connectivity index (χ1) is 9.29. The minimum Gasteiger partial charge on any atom is -0.497 e. The summed E-state index contributed by atoms with van der Waals surface area (Å²) in [6, 6.07) is 9.55. The summed E-state index contributed by atoms with van der Waals surface area (Å²) < 4.78 is 5.21. The van der Waals surface area contributed by atoms with Crippen LogP contribution in [0, 0.1) is 0 Å². The van der Waals surface area contributed by atoms with Crippen LogP contribution in [0.2, 0.25) is 0 Å². The molecule has 19 heavy (non-hydrogen) atoms. The normalized spacial score (nSPS) is 17.9. The Hall–Kier alpha value is -2.16. The second kappa shape index (κ2) is 4.84. The summed E-state index contributed by atoms with van der Waals surface area (Å²) in [4.78, 5) is 16.7. The van der Waals surface area contributed by atoms with Crippen molar-refractivity contribution >= 4 is 5.78 Å². The molecule has 0 aliphatic heterocycles. The lowest BCUT2D eigenvalue weighted by Gasteiger charge is -2.23. The topological polar surface area (TPSA) is 39.2 Å². The predicted molar refractivity (Wildman–Crippen MR) is 72.6 cm³/mol. The molecule has 3 rings (SSSR count). The number of aryl methyl sites for hydroxylation is 1. The molecule has 0 bridgehead atoms. The number of fused-ring (bicyclic) bond motifs is 1. The highest BCUT2D eigenvalue weighted by Crippen LogP contribution is 2.33. The molecule has 0 N–H and O–H groups in total. The molecule has 3 heteroatoms. The van der Waals surface area contributed by atoms with Crippen molar-refractivity contribution in [3.63, 3.8) is 0 Å². The summed E-state index contributed by atoms with van der Waals surface area (Å²) in [5.41, 5.74) is 2.92. The molecule has 1 aromatic heterocycles. The smallest absolute Gasteiger partial charge is 0.170 e. The van der Waals surface area contributed by atoms with Crippen LogP contribution in [0.3, 0.4) is 0 Å². The lowest BCUT2D eigenvalue weighted by Crippen LogP contribution is -2.21. The number of hydrogen-bond donors (Lipinski definition) is 0. The molecule has 2 aromatic rings. The van der Waals surface area contributed by atoms with E-state index in [1.807, 2.05) is 30.3 Å². The molecule has 0 unspecified atom stereocenters. The van der Waals surface area contributed by atoms with Crippen LogP contribution in [0.1, 0.15) is 33.8 Å². The number of hydrogen-bond acceptors (Lipinski definition) is 3. The van der Waals surface area contributed by atoms with E-state index in [4.69, 9.17) is 4.74 Å². The number of carbonyl (C=O) groups is 1. The minimum atomic E-state index is -0.0606. The molecule has 1 atom stereocenters. The van der Waals surface area contributed by atoms with Crippen LogP contribution < -0.4 is 4.74 Å². The van der Waals surface area contributed by atoms with E-state index in [1.165, 1.54) is 0 Å². The quantitative estimate of drug-likeness (QED) is 0.826. The number of Topliss-reactive ketones (excluding diaryl/α,β-unsaturated/α-hetero) is 1. The van der Waals surface area contributed by atoms with Gasteiger partial charge in [-0.15, -0.1) is 0 Å². The number of aromatic nitrogens is 1. The maximum atomic E-state index is 12.5. The van der Waals surface area contributed by atoms with Gasteiger partial charge in [0.1, 0.15) is 5.75 Å². The molecule has 1 aliphatic rings. The second-order valence-electron chi connectivity index (χ2n) is 4.76. The Morgan fingerprint density at radius 2 is 2.21 bits per heavy atom. The van der Waals surface area contributed by atoms with Gasteiger partial charge in [-0.1, -0.05) is 6.07 Å². The van der Waals surface area contributed by atoms with Gasteiger partial charge in [-0.25, -0.2) is 0 Å². The molecular weight excluding hydrogens is 238 g/mol. The molecule has 0 spiro atoms. The van der Waals surface area contributed by atoms with Gasteiger partial charge in [-0.2, -0.15) is 0 Å². The van der Waals surface area contributed by atoms with E-state index in [0.717, 1.165) is 35.3 Å². The van der Waals surface area contributed by atoms with E-state index < -0.39 is 0 Å². The third-order valence-corrected chi connectivity index (χ3v) is 3.68. The van der Waals surface area contributed by atoms with E-state index >= 15 is 0 Å². The first-order valence-electron chi connectivity index (χ1n) is 6.40. The number of methoxy groups -OCH3 is 1. The highest BCUT2D eigenvalue weighted by molar-refractivity contribution is 6.03. The van der Waals surface area contributed by atoms with E-state index in [0.29, 0.717) is 0 Å². The molecule has 1 aromatic carbocycles. The number of nitrogens with zero attached hydrogens (tertiary/aromatic N) is 1. The lowest BCUT2D eigenvalue weighted by atomic mass is 9.79. The van der Waals surface area contributed by atoms with Crippen LogP contribution in [-0.2, 0) is 6.42 Å². The van der Waals surface area contributed by atoms with Gasteiger partial charge in [0.25, 0.3) is 0 Å². The molecule has 0 radical (unpaired) electrons. The number of ether oxygens (including phenoxy) is 1. The van der Waals surface area contributed by atoms with Gasteiger partial charge in [0.05, 0.1) is 7.11 Å². The number of rotatable bonds is 2. The SMILES string of the molecule is COc1ccc2c(c1)CC[C@@H](c1cccnc1)C2=O. The van der Waals surface area contributed by atoms with Crippen molar-refractivity contribution < 1.29 is 9.53 Å². The minimum absolute atomic E-state index is 0.0606. The van der Waals surface area contributed by atoms with Crippen molar-refractivity contribution in [3.8, 4) is 5.75 Å². The predicted octanol–water partition coefficient (Wildman–Crippen LogP) is 3.00. The van der Waals surface area contributed by atoms with Gasteiger partial charge in [-0.3, -0.25) is 9.78 Å². The standard InChI is InChI=1S/C16H15NO2/c1-19-13-5-7-14-11(9-13)4-6-15(16(14)18)12-3-2-8-17-10-12/h2-3,5,7-10,15H,4,6H2,1H3/t15-/m0/s1. The van der Waals surface area contributed by atoms with Gasteiger partial charge in [0.15, 0.2) is 5.78 Å². The Morgan fingerprint density at radius 3 is 2.95 bits per heavy atom. The Morgan fingerprint density at radius 1 is 1.32 bits per heavy atom. The Balaban J connectivity index is 1.97. The average molecular weight is 253 g/mol. The fourth-order valence-corrected chi connectivity index (χ4v) is 2.66. The zero-order valence-corrected chi connectivity index (χ0v) is 10.8. The molecule has 0 amide bonds. The molecule has 0 fully saturated rings. The largest absolute Gasteiger partial charge is 0.497 e. The Labute approximate surface area is 112 Å². The number of carbonyl (C=O) groups excluding carboxylic acids is 1. The monoisotopic (exact) mass is 253 g/mol. The molecule has 0 saturated carbocycles. The molecule has 0 saturated heterocycles. The maximum Gasteiger partial charge on any atom is 0.170 e. The fourth-order valence-electron chi connectivity index (χ4n) is 2.66. The number of ketones is 1. The zero-order valence-electron chi connectivity index (χ0n) is 10.8. The van der Waals surface area contributed by atoms with Crippen LogP contribution >= 0.6 is 0 Å². The Bertz CT molecular complexity index is 607. The fraction of sp³-hybridized carbons (Fsp3) is 0.250. The third-order valence-electron chi connectivity index (χ3n) is 3.68. The van der Waals surface area contributed by atoms with Crippen molar-refractivity contribution in [2.45, 2.75) is 18.8 Å². The molecule has 1 aliphatic carbocycles. The van der Waals surface area contributed by atoms with Crippen molar-refractivity contribution in [1.29, 1.82) is 0 Å². The van der Waals surface area contributed by atoms with Gasteiger partial charge in [-0.05, 0) is 48.2 Å². The molecule has 3 nitrogen and oxygen atoms in total. The highest BCUT2D eigenvalue weighted by Gasteiger charge is 2.28. The molecule has 96 valence electrons. The summed E-state index contributed by atoms with van der Waals surface area (Å²) in [7, 11) is 1.64. The van der Waals surface area contributed by atoms with Crippen LogP contribution in [0.4, 0.5) is 0 Å². The second-order valence-corrected chi connectivity index (χ2v) is 4.76. The van der Waals surface area contributed by atoms with Crippen LogP contribution in [0.15, 0.2) is 42.7 Å². The lowest BCUT2D eigenvalue weighted by molar-refractivity contribution is 0.0946. The van der Waals surface area contributed by atoms with Crippen molar-refractivity contribution in [3.05, 3.63) is 59.4 Å². The van der Waals surface area contributed by atoms with Crippen molar-refractivity contribution in [2.24, 2.45) is 0 Å². The zero-order chi connectivity index (χ0) is 13.2. The number of pyridine rings is 1. The van der Waals surface area contributed by atoms with Gasteiger partial charge in [0, 0.05) is 23.9 Å². The van der Waals surface area contributed by atoms with E-state index in [1.54, 1.807) is 19.5 Å².